The van der Waals surface area contributed by atoms with Gasteiger partial charge in [0.25, 0.3) is 0 Å². The van der Waals surface area contributed by atoms with Gasteiger partial charge in [-0.2, -0.15) is 5.10 Å². The number of anilines is 2. The van der Waals surface area contributed by atoms with Crippen LogP contribution in [0.1, 0.15) is 18.4 Å². The van der Waals surface area contributed by atoms with E-state index in [2.05, 4.69) is 48.5 Å². The van der Waals surface area contributed by atoms with Gasteiger partial charge in [-0.1, -0.05) is 48.5 Å². The summed E-state index contributed by atoms with van der Waals surface area (Å²) in [6, 6.07) is 23.4. The number of imidazole rings is 1. The first kappa shape index (κ1) is 23.4. The molecule has 2 aromatic heterocycles. The lowest BCUT2D eigenvalue weighted by Crippen LogP contribution is -2.41. The molecule has 0 aliphatic carbocycles. The van der Waals surface area contributed by atoms with Crippen LogP contribution < -0.4 is 10.6 Å². The molecule has 7 nitrogen and oxygen atoms in total. The summed E-state index contributed by atoms with van der Waals surface area (Å²) < 4.78 is 15.6. The third kappa shape index (κ3) is 5.24. The fourth-order valence-electron chi connectivity index (χ4n) is 5.09. The summed E-state index contributed by atoms with van der Waals surface area (Å²) in [5.41, 5.74) is 3.09. The van der Waals surface area contributed by atoms with Crippen molar-refractivity contribution >= 4 is 33.6 Å². The molecule has 0 unspecified atom stereocenters. The Bertz CT molecular complexity index is 1480. The Hall–Kier alpha value is -4.04. The number of nitrogens with zero attached hydrogens (tertiary/aromatic N) is 5. The summed E-state index contributed by atoms with van der Waals surface area (Å²) in [4.78, 5) is 7.38. The number of para-hydroxylation sites is 2. The standard InChI is InChI=1S/C29H30FN7/c30-23-11-9-21(10-12-23)20-37-27-8-4-3-7-26(27)34-29(37)33-24-13-16-36(17-14-24)18-15-31-28-25-6-2-1-5-22(25)19-32-35-28/h1-12,19,24H,13-18,20H2,(H,31,35)(H,33,34). The Morgan fingerprint density at radius 1 is 0.919 bits per heavy atom. The van der Waals surface area contributed by atoms with Gasteiger partial charge in [-0.15, -0.1) is 5.10 Å². The second-order valence-electron chi connectivity index (χ2n) is 9.60. The number of hydrogen-bond donors (Lipinski definition) is 2. The molecule has 3 aromatic carbocycles. The Morgan fingerprint density at radius 3 is 2.57 bits per heavy atom. The third-order valence-electron chi connectivity index (χ3n) is 7.12. The van der Waals surface area contributed by atoms with E-state index < -0.39 is 0 Å². The maximum absolute atomic E-state index is 13.4. The monoisotopic (exact) mass is 495 g/mol. The predicted octanol–water partition coefficient (Wildman–Crippen LogP) is 5.16. The highest BCUT2D eigenvalue weighted by Crippen LogP contribution is 2.24. The molecular weight excluding hydrogens is 465 g/mol. The summed E-state index contributed by atoms with van der Waals surface area (Å²) >= 11 is 0. The van der Waals surface area contributed by atoms with E-state index in [-0.39, 0.29) is 5.82 Å². The second-order valence-corrected chi connectivity index (χ2v) is 9.60. The summed E-state index contributed by atoms with van der Waals surface area (Å²) in [5, 5.41) is 17.8. The lowest BCUT2D eigenvalue weighted by molar-refractivity contribution is 0.226. The maximum Gasteiger partial charge on any atom is 0.204 e. The first-order valence-electron chi connectivity index (χ1n) is 12.9. The van der Waals surface area contributed by atoms with Crippen molar-refractivity contribution in [3.63, 3.8) is 0 Å². The van der Waals surface area contributed by atoms with Crippen molar-refractivity contribution in [2.24, 2.45) is 0 Å². The van der Waals surface area contributed by atoms with Gasteiger partial charge in [0.1, 0.15) is 5.82 Å². The number of hydrogen-bond acceptors (Lipinski definition) is 6. The Balaban J connectivity index is 1.06. The van der Waals surface area contributed by atoms with Gasteiger partial charge in [-0.05, 0) is 42.7 Å². The second kappa shape index (κ2) is 10.5. The van der Waals surface area contributed by atoms with Gasteiger partial charge in [-0.25, -0.2) is 9.37 Å². The molecule has 2 N–H and O–H groups in total. The molecule has 8 heteroatoms. The van der Waals surface area contributed by atoms with Crippen molar-refractivity contribution in [2.45, 2.75) is 25.4 Å². The number of aromatic nitrogens is 4. The Morgan fingerprint density at radius 2 is 1.70 bits per heavy atom. The zero-order chi connectivity index (χ0) is 25.0. The van der Waals surface area contributed by atoms with Crippen molar-refractivity contribution in [1.82, 2.24) is 24.6 Å². The van der Waals surface area contributed by atoms with Gasteiger partial charge in [0.05, 0.1) is 23.8 Å². The molecule has 1 aliphatic heterocycles. The van der Waals surface area contributed by atoms with Gasteiger partial charge in [0, 0.05) is 43.0 Å². The molecule has 3 heterocycles. The number of benzene rings is 3. The molecule has 5 aromatic rings. The minimum absolute atomic E-state index is 0.218. The number of nitrogens with one attached hydrogen (secondary N) is 2. The van der Waals surface area contributed by atoms with Crippen LogP contribution in [-0.2, 0) is 6.54 Å². The molecule has 37 heavy (non-hydrogen) atoms. The van der Waals surface area contributed by atoms with E-state index in [1.807, 2.05) is 42.5 Å². The highest BCUT2D eigenvalue weighted by molar-refractivity contribution is 5.90. The lowest BCUT2D eigenvalue weighted by atomic mass is 10.1. The van der Waals surface area contributed by atoms with Crippen LogP contribution in [0, 0.1) is 5.82 Å². The van der Waals surface area contributed by atoms with Gasteiger partial charge in [0.15, 0.2) is 5.82 Å². The minimum Gasteiger partial charge on any atom is -0.367 e. The molecule has 0 atom stereocenters. The third-order valence-corrected chi connectivity index (χ3v) is 7.12. The summed E-state index contributed by atoms with van der Waals surface area (Å²) in [6.45, 7) is 4.48. The van der Waals surface area contributed by atoms with Crippen LogP contribution in [0.15, 0.2) is 79.0 Å². The molecule has 1 aliphatic rings. The first-order valence-corrected chi connectivity index (χ1v) is 12.9. The zero-order valence-corrected chi connectivity index (χ0v) is 20.6. The van der Waals surface area contributed by atoms with Crippen molar-refractivity contribution in [3.05, 3.63) is 90.4 Å². The molecule has 188 valence electrons. The molecule has 0 spiro atoms. The molecule has 0 amide bonds. The van der Waals surface area contributed by atoms with Gasteiger partial charge in [0.2, 0.25) is 5.95 Å². The van der Waals surface area contributed by atoms with E-state index in [1.165, 1.54) is 12.1 Å². The van der Waals surface area contributed by atoms with Crippen molar-refractivity contribution < 1.29 is 4.39 Å². The van der Waals surface area contributed by atoms with Crippen LogP contribution in [-0.4, -0.2) is 56.9 Å². The van der Waals surface area contributed by atoms with E-state index in [0.29, 0.717) is 12.6 Å². The number of rotatable bonds is 8. The van der Waals surface area contributed by atoms with Crippen LogP contribution in [0.25, 0.3) is 21.8 Å². The van der Waals surface area contributed by atoms with Crippen molar-refractivity contribution in [1.29, 1.82) is 0 Å². The number of halogens is 1. The fourth-order valence-corrected chi connectivity index (χ4v) is 5.09. The molecule has 6 rings (SSSR count). The highest BCUT2D eigenvalue weighted by Gasteiger charge is 2.21. The Labute approximate surface area is 215 Å². The average Bonchev–Trinajstić information content (AvgIpc) is 3.27. The van der Waals surface area contributed by atoms with Crippen LogP contribution >= 0.6 is 0 Å². The minimum atomic E-state index is -0.218. The SMILES string of the molecule is Fc1ccc(Cn2c(NC3CCN(CCNc4nncc5ccccc45)CC3)nc3ccccc32)cc1. The topological polar surface area (TPSA) is 70.9 Å². The molecular formula is C29H30FN7. The van der Waals surface area contributed by atoms with E-state index >= 15 is 0 Å². The maximum atomic E-state index is 13.4. The lowest BCUT2D eigenvalue weighted by Gasteiger charge is -2.32. The highest BCUT2D eigenvalue weighted by atomic mass is 19.1. The Kier molecular flexibility index (Phi) is 6.64. The summed E-state index contributed by atoms with van der Waals surface area (Å²) in [7, 11) is 0. The largest absolute Gasteiger partial charge is 0.367 e. The molecule has 0 bridgehead atoms. The quantitative estimate of drug-likeness (QED) is 0.310. The molecule has 0 radical (unpaired) electrons. The van der Waals surface area contributed by atoms with Crippen LogP contribution in [0.3, 0.4) is 0 Å². The molecule has 1 fully saturated rings. The van der Waals surface area contributed by atoms with Crippen LogP contribution in [0.4, 0.5) is 16.2 Å². The molecule has 1 saturated heterocycles. The van der Waals surface area contributed by atoms with Gasteiger partial charge >= 0.3 is 0 Å². The van der Waals surface area contributed by atoms with Crippen molar-refractivity contribution in [2.75, 3.05) is 36.8 Å². The number of likely N-dealkylation sites (tertiary alicyclic amines) is 1. The van der Waals surface area contributed by atoms with E-state index in [9.17, 15) is 4.39 Å². The van der Waals surface area contributed by atoms with Gasteiger partial charge < -0.3 is 20.1 Å². The average molecular weight is 496 g/mol. The van der Waals surface area contributed by atoms with E-state index in [1.54, 1.807) is 6.20 Å². The molecule has 0 saturated carbocycles. The normalized spacial score (nSPS) is 14.8. The smallest absolute Gasteiger partial charge is 0.204 e. The fraction of sp³-hybridized carbons (Fsp3) is 0.276. The van der Waals surface area contributed by atoms with Gasteiger partial charge in [-0.3, -0.25) is 0 Å². The number of piperidine rings is 1. The van der Waals surface area contributed by atoms with Crippen molar-refractivity contribution in [3.8, 4) is 0 Å². The zero-order valence-electron chi connectivity index (χ0n) is 20.6. The van der Waals surface area contributed by atoms with E-state index in [0.717, 1.165) is 78.2 Å². The predicted molar refractivity (Wildman–Crippen MR) is 146 cm³/mol. The first-order chi connectivity index (χ1) is 18.2. The summed E-state index contributed by atoms with van der Waals surface area (Å²) in [6.07, 6.45) is 3.90. The van der Waals surface area contributed by atoms with E-state index in [4.69, 9.17) is 4.98 Å². The van der Waals surface area contributed by atoms with Crippen LogP contribution in [0.2, 0.25) is 0 Å². The van der Waals surface area contributed by atoms with Crippen LogP contribution in [0.5, 0.6) is 0 Å². The summed E-state index contributed by atoms with van der Waals surface area (Å²) in [5.74, 6) is 1.50. The number of fused-ring (bicyclic) bond motifs is 2.